The predicted octanol–water partition coefficient (Wildman–Crippen LogP) is 3.26. The van der Waals surface area contributed by atoms with E-state index < -0.39 is 20.0 Å². The lowest BCUT2D eigenvalue weighted by atomic mass is 10.3. The highest BCUT2D eigenvalue weighted by Gasteiger charge is 2.19. The van der Waals surface area contributed by atoms with Crippen molar-refractivity contribution in [3.63, 3.8) is 0 Å². The summed E-state index contributed by atoms with van der Waals surface area (Å²) in [4.78, 5) is 11.2. The standard InChI is InChI=1S/C21H21N3O6S2/c1-15(25)22-20-14-19(12-13-21(20)30-2)32(28,29)24-17-8-10-18(11-9-17)31(26,27)23-16-6-4-3-5-7-16/h3-14,23-24H,1-2H3,(H,22,25). The minimum Gasteiger partial charge on any atom is -0.495 e. The fourth-order valence-electron chi connectivity index (χ4n) is 2.78. The van der Waals surface area contributed by atoms with Gasteiger partial charge in [-0.05, 0) is 54.6 Å². The predicted molar refractivity (Wildman–Crippen MR) is 122 cm³/mol. The number of methoxy groups -OCH3 is 1. The van der Waals surface area contributed by atoms with Gasteiger partial charge in [0.25, 0.3) is 20.0 Å². The zero-order valence-corrected chi connectivity index (χ0v) is 18.8. The van der Waals surface area contributed by atoms with Crippen molar-refractivity contribution in [3.8, 4) is 5.75 Å². The monoisotopic (exact) mass is 475 g/mol. The molecule has 11 heteroatoms. The molecule has 0 saturated carbocycles. The number of hydrogen-bond donors (Lipinski definition) is 3. The van der Waals surface area contributed by atoms with Gasteiger partial charge in [-0.15, -0.1) is 0 Å². The molecule has 3 N–H and O–H groups in total. The average Bonchev–Trinajstić information content (AvgIpc) is 2.74. The second kappa shape index (κ2) is 9.28. The van der Waals surface area contributed by atoms with Gasteiger partial charge in [0.05, 0.1) is 22.6 Å². The molecule has 168 valence electrons. The molecule has 9 nitrogen and oxygen atoms in total. The number of anilines is 3. The van der Waals surface area contributed by atoms with Crippen molar-refractivity contribution in [1.29, 1.82) is 0 Å². The normalized spacial score (nSPS) is 11.4. The van der Waals surface area contributed by atoms with Crippen molar-refractivity contribution in [3.05, 3.63) is 72.8 Å². The molecule has 0 aromatic heterocycles. The summed E-state index contributed by atoms with van der Waals surface area (Å²) in [6, 6.07) is 17.7. The Morgan fingerprint density at radius 2 is 1.28 bits per heavy atom. The summed E-state index contributed by atoms with van der Waals surface area (Å²) in [6.45, 7) is 1.29. The highest BCUT2D eigenvalue weighted by molar-refractivity contribution is 7.93. The van der Waals surface area contributed by atoms with Gasteiger partial charge in [-0.3, -0.25) is 14.2 Å². The summed E-state index contributed by atoms with van der Waals surface area (Å²) in [6.07, 6.45) is 0. The van der Waals surface area contributed by atoms with Crippen LogP contribution in [0.1, 0.15) is 6.92 Å². The van der Waals surface area contributed by atoms with Crippen molar-refractivity contribution in [2.75, 3.05) is 21.9 Å². The topological polar surface area (TPSA) is 131 Å². The fraction of sp³-hybridized carbons (Fsp3) is 0.0952. The minimum absolute atomic E-state index is 0.0262. The van der Waals surface area contributed by atoms with Crippen LogP contribution in [-0.4, -0.2) is 29.9 Å². The van der Waals surface area contributed by atoms with Crippen LogP contribution in [-0.2, 0) is 24.8 Å². The van der Waals surface area contributed by atoms with Crippen LogP contribution >= 0.6 is 0 Å². The lowest BCUT2D eigenvalue weighted by Gasteiger charge is -2.13. The van der Waals surface area contributed by atoms with Gasteiger partial charge in [0, 0.05) is 18.3 Å². The van der Waals surface area contributed by atoms with E-state index in [1.54, 1.807) is 30.3 Å². The van der Waals surface area contributed by atoms with Crippen LogP contribution in [0.2, 0.25) is 0 Å². The van der Waals surface area contributed by atoms with Gasteiger partial charge < -0.3 is 10.1 Å². The quantitative estimate of drug-likeness (QED) is 0.458. The molecule has 1 amide bonds. The first-order valence-electron chi connectivity index (χ1n) is 9.27. The van der Waals surface area contributed by atoms with Crippen LogP contribution in [0.25, 0.3) is 0 Å². The molecule has 0 aliphatic rings. The Morgan fingerprint density at radius 1 is 0.750 bits per heavy atom. The van der Waals surface area contributed by atoms with Crippen molar-refractivity contribution >= 4 is 43.0 Å². The number of benzene rings is 3. The van der Waals surface area contributed by atoms with E-state index in [0.29, 0.717) is 11.4 Å². The molecule has 0 fully saturated rings. The molecule has 0 unspecified atom stereocenters. The zero-order valence-electron chi connectivity index (χ0n) is 17.2. The Morgan fingerprint density at radius 3 is 1.84 bits per heavy atom. The molecule has 3 rings (SSSR count). The minimum atomic E-state index is -4.02. The number of ether oxygens (including phenoxy) is 1. The number of para-hydroxylation sites is 1. The fourth-order valence-corrected chi connectivity index (χ4v) is 4.92. The Labute approximate surface area is 186 Å². The molecule has 0 aliphatic heterocycles. The van der Waals surface area contributed by atoms with Crippen LogP contribution < -0.4 is 19.5 Å². The smallest absolute Gasteiger partial charge is 0.261 e. The third-order valence-corrected chi connectivity index (χ3v) is 7.01. The molecule has 0 atom stereocenters. The van der Waals surface area contributed by atoms with E-state index in [2.05, 4.69) is 14.8 Å². The van der Waals surface area contributed by atoms with Gasteiger partial charge in [0.1, 0.15) is 5.75 Å². The summed E-state index contributed by atoms with van der Waals surface area (Å²) in [5.41, 5.74) is 0.781. The van der Waals surface area contributed by atoms with Gasteiger partial charge >= 0.3 is 0 Å². The zero-order chi connectivity index (χ0) is 23.4. The molecule has 0 bridgehead atoms. The van der Waals surface area contributed by atoms with Crippen LogP contribution in [0.3, 0.4) is 0 Å². The van der Waals surface area contributed by atoms with E-state index >= 15 is 0 Å². The second-order valence-electron chi connectivity index (χ2n) is 6.64. The molecular formula is C21H21N3O6S2. The average molecular weight is 476 g/mol. The van der Waals surface area contributed by atoms with E-state index in [1.807, 2.05) is 0 Å². The Hall–Kier alpha value is -3.57. The van der Waals surface area contributed by atoms with E-state index in [-0.39, 0.29) is 27.1 Å². The van der Waals surface area contributed by atoms with Gasteiger partial charge in [-0.2, -0.15) is 0 Å². The molecule has 0 spiro atoms. The molecule has 0 saturated heterocycles. The van der Waals surface area contributed by atoms with Crippen molar-refractivity contribution < 1.29 is 26.4 Å². The first kappa shape index (κ1) is 23.1. The van der Waals surface area contributed by atoms with E-state index in [0.717, 1.165) is 0 Å². The molecule has 3 aromatic carbocycles. The van der Waals surface area contributed by atoms with Crippen LogP contribution in [0.15, 0.2) is 82.6 Å². The number of carbonyl (C=O) groups excluding carboxylic acids is 1. The van der Waals surface area contributed by atoms with Crippen molar-refractivity contribution in [1.82, 2.24) is 0 Å². The second-order valence-corrected chi connectivity index (χ2v) is 10.0. The maximum absolute atomic E-state index is 12.8. The van der Waals surface area contributed by atoms with E-state index in [9.17, 15) is 21.6 Å². The maximum atomic E-state index is 12.8. The lowest BCUT2D eigenvalue weighted by molar-refractivity contribution is -0.114. The number of hydrogen-bond acceptors (Lipinski definition) is 6. The first-order valence-corrected chi connectivity index (χ1v) is 12.2. The molecule has 0 radical (unpaired) electrons. The molecule has 3 aromatic rings. The Balaban J connectivity index is 1.81. The molecule has 0 heterocycles. The maximum Gasteiger partial charge on any atom is 0.261 e. The molecular weight excluding hydrogens is 454 g/mol. The number of nitrogens with one attached hydrogen (secondary N) is 3. The van der Waals surface area contributed by atoms with E-state index in [1.165, 1.54) is 56.5 Å². The lowest BCUT2D eigenvalue weighted by Crippen LogP contribution is -2.15. The summed E-state index contributed by atoms with van der Waals surface area (Å²) < 4.78 is 60.5. The summed E-state index contributed by atoms with van der Waals surface area (Å²) in [7, 11) is -6.45. The third-order valence-electron chi connectivity index (χ3n) is 4.23. The van der Waals surface area contributed by atoms with Crippen molar-refractivity contribution in [2.45, 2.75) is 16.7 Å². The highest BCUT2D eigenvalue weighted by atomic mass is 32.2. The Bertz CT molecular complexity index is 1320. The first-order chi connectivity index (χ1) is 15.1. The number of sulfonamides is 2. The summed E-state index contributed by atoms with van der Waals surface area (Å²) in [5.74, 6) is -0.0775. The Kier molecular flexibility index (Phi) is 6.70. The van der Waals surface area contributed by atoms with Crippen molar-refractivity contribution in [2.24, 2.45) is 0 Å². The number of amides is 1. The van der Waals surface area contributed by atoms with Gasteiger partial charge in [-0.25, -0.2) is 16.8 Å². The van der Waals surface area contributed by atoms with E-state index in [4.69, 9.17) is 4.74 Å². The third kappa shape index (κ3) is 5.56. The van der Waals surface area contributed by atoms with Gasteiger partial charge in [-0.1, -0.05) is 18.2 Å². The number of rotatable bonds is 8. The van der Waals surface area contributed by atoms with Gasteiger partial charge in [0.2, 0.25) is 5.91 Å². The van der Waals surface area contributed by atoms with Crippen LogP contribution in [0, 0.1) is 0 Å². The largest absolute Gasteiger partial charge is 0.495 e. The molecule has 32 heavy (non-hydrogen) atoms. The summed E-state index contributed by atoms with van der Waals surface area (Å²) in [5, 5.41) is 2.51. The highest BCUT2D eigenvalue weighted by Crippen LogP contribution is 2.28. The summed E-state index contributed by atoms with van der Waals surface area (Å²) >= 11 is 0. The SMILES string of the molecule is COc1ccc(S(=O)(=O)Nc2ccc(S(=O)(=O)Nc3ccccc3)cc2)cc1NC(C)=O. The molecule has 0 aliphatic carbocycles. The number of carbonyl (C=O) groups is 1. The van der Waals surface area contributed by atoms with Crippen LogP contribution in [0.4, 0.5) is 17.1 Å². The van der Waals surface area contributed by atoms with Crippen LogP contribution in [0.5, 0.6) is 5.75 Å². The van der Waals surface area contributed by atoms with Gasteiger partial charge in [0.15, 0.2) is 0 Å².